The molecule has 1 atom stereocenters. The molecule has 9 heteroatoms. The summed E-state index contributed by atoms with van der Waals surface area (Å²) in [6.07, 6.45) is -0.771. The molecule has 164 valence electrons. The summed E-state index contributed by atoms with van der Waals surface area (Å²) in [6.45, 7) is 3.55. The lowest BCUT2D eigenvalue weighted by Crippen LogP contribution is -2.40. The first-order valence-corrected chi connectivity index (χ1v) is 9.90. The molecule has 0 bridgehead atoms. The highest BCUT2D eigenvalue weighted by Crippen LogP contribution is 2.35. The van der Waals surface area contributed by atoms with Crippen LogP contribution in [0.25, 0.3) is 0 Å². The molecular weight excluding hydrogens is 412 g/mol. The Kier molecular flexibility index (Phi) is 5.63. The Labute approximate surface area is 184 Å². The standard InChI is InChI=1S/C23H22N4O5/c1-15-13-20(30-3)25-19(24-15)14-31-18-11-9-16(10-12-18)23(2)21(28)27(22(29)32-23)26-17-7-5-4-6-8-17/h4-13,26H,14H2,1-3H3. The number of amides is 2. The van der Waals surface area contributed by atoms with Crippen LogP contribution in [0.1, 0.15) is 24.0 Å². The van der Waals surface area contributed by atoms with E-state index in [-0.39, 0.29) is 6.61 Å². The maximum atomic E-state index is 13.0. The van der Waals surface area contributed by atoms with Gasteiger partial charge in [0, 0.05) is 17.3 Å². The van der Waals surface area contributed by atoms with E-state index in [1.807, 2.05) is 13.0 Å². The third-order valence-corrected chi connectivity index (χ3v) is 4.96. The number of nitrogens with zero attached hydrogens (tertiary/aromatic N) is 3. The number of methoxy groups -OCH3 is 1. The van der Waals surface area contributed by atoms with E-state index in [2.05, 4.69) is 15.4 Å². The minimum Gasteiger partial charge on any atom is -0.486 e. The summed E-state index contributed by atoms with van der Waals surface area (Å²) in [5, 5.41) is 0.877. The van der Waals surface area contributed by atoms with Crippen LogP contribution >= 0.6 is 0 Å². The highest BCUT2D eigenvalue weighted by molar-refractivity contribution is 6.04. The van der Waals surface area contributed by atoms with Gasteiger partial charge < -0.3 is 14.2 Å². The number of rotatable bonds is 7. The SMILES string of the molecule is COc1cc(C)nc(COc2ccc(C3(C)OC(=O)N(Nc4ccccc4)C3=O)cc2)n1. The summed E-state index contributed by atoms with van der Waals surface area (Å²) >= 11 is 0. The van der Waals surface area contributed by atoms with E-state index in [9.17, 15) is 9.59 Å². The molecule has 1 fully saturated rings. The number of cyclic esters (lactones) is 1. The maximum Gasteiger partial charge on any atom is 0.437 e. The molecule has 0 saturated carbocycles. The van der Waals surface area contributed by atoms with Crippen LogP contribution in [0.3, 0.4) is 0 Å². The highest BCUT2D eigenvalue weighted by Gasteiger charge is 2.52. The van der Waals surface area contributed by atoms with Crippen LogP contribution in [0, 0.1) is 6.92 Å². The first-order valence-electron chi connectivity index (χ1n) is 9.90. The average Bonchev–Trinajstić information content (AvgIpc) is 3.02. The van der Waals surface area contributed by atoms with Crippen LogP contribution in [-0.4, -0.2) is 34.1 Å². The lowest BCUT2D eigenvalue weighted by molar-refractivity contribution is -0.135. The van der Waals surface area contributed by atoms with Crippen molar-refractivity contribution in [2.24, 2.45) is 0 Å². The van der Waals surface area contributed by atoms with Gasteiger partial charge in [0.05, 0.1) is 12.8 Å². The number of hydrazine groups is 1. The van der Waals surface area contributed by atoms with E-state index >= 15 is 0 Å². The van der Waals surface area contributed by atoms with Crippen LogP contribution in [0.5, 0.6) is 11.6 Å². The summed E-state index contributed by atoms with van der Waals surface area (Å²) < 4.78 is 16.3. The Hall–Kier alpha value is -4.14. The third-order valence-electron chi connectivity index (χ3n) is 4.96. The van der Waals surface area contributed by atoms with Crippen molar-refractivity contribution in [3.63, 3.8) is 0 Å². The molecule has 1 N–H and O–H groups in total. The topological polar surface area (TPSA) is 103 Å². The van der Waals surface area contributed by atoms with Gasteiger partial charge in [0.15, 0.2) is 5.82 Å². The number of imide groups is 1. The quantitative estimate of drug-likeness (QED) is 0.602. The maximum absolute atomic E-state index is 13.0. The molecule has 2 aromatic carbocycles. The van der Waals surface area contributed by atoms with Crippen molar-refractivity contribution < 1.29 is 23.8 Å². The Morgan fingerprint density at radius 2 is 1.78 bits per heavy atom. The zero-order valence-electron chi connectivity index (χ0n) is 17.9. The van der Waals surface area contributed by atoms with Crippen LogP contribution in [0.15, 0.2) is 60.7 Å². The molecule has 0 radical (unpaired) electrons. The van der Waals surface area contributed by atoms with Crippen molar-refractivity contribution in [2.75, 3.05) is 12.5 Å². The number of benzene rings is 2. The smallest absolute Gasteiger partial charge is 0.437 e. The molecule has 2 amide bonds. The van der Waals surface area contributed by atoms with Crippen molar-refractivity contribution in [1.82, 2.24) is 15.0 Å². The Bertz CT molecular complexity index is 1140. The zero-order valence-corrected chi connectivity index (χ0v) is 17.9. The fourth-order valence-corrected chi connectivity index (χ4v) is 3.27. The van der Waals surface area contributed by atoms with Gasteiger partial charge in [0.25, 0.3) is 5.91 Å². The van der Waals surface area contributed by atoms with E-state index in [1.54, 1.807) is 68.6 Å². The molecule has 1 aromatic heterocycles. The fraction of sp³-hybridized carbons (Fsp3) is 0.217. The summed E-state index contributed by atoms with van der Waals surface area (Å²) in [6, 6.07) is 17.4. The molecule has 1 saturated heterocycles. The number of aromatic nitrogens is 2. The third kappa shape index (κ3) is 4.18. The minimum absolute atomic E-state index is 0.150. The predicted octanol–water partition coefficient (Wildman–Crippen LogP) is 3.59. The molecule has 0 spiro atoms. The van der Waals surface area contributed by atoms with E-state index in [4.69, 9.17) is 14.2 Å². The Balaban J connectivity index is 1.45. The molecule has 4 rings (SSSR count). The van der Waals surface area contributed by atoms with E-state index in [0.717, 1.165) is 10.7 Å². The second-order valence-electron chi connectivity index (χ2n) is 7.30. The fourth-order valence-electron chi connectivity index (χ4n) is 3.27. The molecule has 9 nitrogen and oxygen atoms in total. The Morgan fingerprint density at radius 1 is 1.06 bits per heavy atom. The molecule has 1 unspecified atom stereocenters. The summed E-state index contributed by atoms with van der Waals surface area (Å²) in [5.74, 6) is 0.993. The number of ether oxygens (including phenoxy) is 3. The summed E-state index contributed by atoms with van der Waals surface area (Å²) in [4.78, 5) is 33.9. The van der Waals surface area contributed by atoms with Gasteiger partial charge in [-0.1, -0.05) is 30.3 Å². The molecule has 32 heavy (non-hydrogen) atoms. The van der Waals surface area contributed by atoms with Gasteiger partial charge in [-0.05, 0) is 38.1 Å². The second kappa shape index (κ2) is 8.54. The van der Waals surface area contributed by atoms with Crippen molar-refractivity contribution in [2.45, 2.75) is 26.1 Å². The summed E-state index contributed by atoms with van der Waals surface area (Å²) in [5.41, 5.74) is 3.23. The lowest BCUT2D eigenvalue weighted by Gasteiger charge is -2.21. The zero-order chi connectivity index (χ0) is 22.7. The van der Waals surface area contributed by atoms with Crippen molar-refractivity contribution in [3.8, 4) is 11.6 Å². The number of nitrogens with one attached hydrogen (secondary N) is 1. The van der Waals surface area contributed by atoms with Gasteiger partial charge in [-0.15, -0.1) is 5.01 Å². The Morgan fingerprint density at radius 3 is 2.47 bits per heavy atom. The van der Waals surface area contributed by atoms with Gasteiger partial charge in [-0.3, -0.25) is 10.2 Å². The molecular formula is C23H22N4O5. The normalized spacial score (nSPS) is 17.8. The van der Waals surface area contributed by atoms with Gasteiger partial charge >= 0.3 is 6.09 Å². The van der Waals surface area contributed by atoms with E-state index in [1.165, 1.54) is 0 Å². The number of aryl methyl sites for hydroxylation is 1. The van der Waals surface area contributed by atoms with Crippen molar-refractivity contribution >= 4 is 17.7 Å². The van der Waals surface area contributed by atoms with Gasteiger partial charge in [-0.25, -0.2) is 9.78 Å². The molecule has 3 aromatic rings. The average molecular weight is 434 g/mol. The second-order valence-corrected chi connectivity index (χ2v) is 7.30. The lowest BCUT2D eigenvalue weighted by atomic mass is 9.95. The summed E-state index contributed by atoms with van der Waals surface area (Å²) in [7, 11) is 1.54. The first-order chi connectivity index (χ1) is 15.4. The first kappa shape index (κ1) is 21.1. The van der Waals surface area contributed by atoms with E-state index < -0.39 is 17.6 Å². The molecule has 1 aliphatic heterocycles. The number of hydrogen-bond acceptors (Lipinski definition) is 8. The number of anilines is 1. The predicted molar refractivity (Wildman–Crippen MR) is 115 cm³/mol. The number of hydrogen-bond donors (Lipinski definition) is 1. The van der Waals surface area contributed by atoms with Crippen LogP contribution in [0.4, 0.5) is 10.5 Å². The van der Waals surface area contributed by atoms with Gasteiger partial charge in [0.2, 0.25) is 11.5 Å². The number of carbonyl (C=O) groups excluding carboxylic acids is 2. The van der Waals surface area contributed by atoms with Gasteiger partial charge in [-0.2, -0.15) is 4.98 Å². The van der Waals surface area contributed by atoms with E-state index in [0.29, 0.717) is 28.7 Å². The minimum atomic E-state index is -1.45. The highest BCUT2D eigenvalue weighted by atomic mass is 16.6. The molecule has 2 heterocycles. The van der Waals surface area contributed by atoms with Crippen molar-refractivity contribution in [3.05, 3.63) is 77.7 Å². The van der Waals surface area contributed by atoms with Crippen LogP contribution in [0.2, 0.25) is 0 Å². The van der Waals surface area contributed by atoms with Crippen LogP contribution < -0.4 is 14.9 Å². The van der Waals surface area contributed by atoms with Crippen LogP contribution in [-0.2, 0) is 21.7 Å². The largest absolute Gasteiger partial charge is 0.486 e. The number of para-hydroxylation sites is 1. The molecule has 0 aliphatic carbocycles. The molecule has 1 aliphatic rings. The van der Waals surface area contributed by atoms with Gasteiger partial charge in [0.1, 0.15) is 12.4 Å². The number of carbonyl (C=O) groups is 2. The van der Waals surface area contributed by atoms with Crippen molar-refractivity contribution in [1.29, 1.82) is 0 Å². The monoisotopic (exact) mass is 434 g/mol.